The predicted molar refractivity (Wildman–Crippen MR) is 83.0 cm³/mol. The van der Waals surface area contributed by atoms with Crippen LogP contribution in [0, 0.1) is 11.7 Å². The van der Waals surface area contributed by atoms with Crippen LogP contribution in [0.25, 0.3) is 0 Å². The Morgan fingerprint density at radius 1 is 1.23 bits per heavy atom. The molecular weight excluding hydrogens is 279 g/mol. The Labute approximate surface area is 129 Å². The second-order valence-corrected chi connectivity index (χ2v) is 6.05. The molecule has 22 heavy (non-hydrogen) atoms. The fraction of sp³-hybridized carbons (Fsp3) is 0.316. The summed E-state index contributed by atoms with van der Waals surface area (Å²) in [4.78, 5) is 12.5. The highest BCUT2D eigenvalue weighted by molar-refractivity contribution is 5.85. The molecule has 0 heterocycles. The molecule has 0 fully saturated rings. The van der Waals surface area contributed by atoms with Gasteiger partial charge in [-0.25, -0.2) is 4.39 Å². The normalized spacial score (nSPS) is 21.4. The molecule has 3 rings (SSSR count). The molecule has 114 valence electrons. The summed E-state index contributed by atoms with van der Waals surface area (Å²) in [5, 5.41) is 10.4. The van der Waals surface area contributed by atoms with E-state index in [0.29, 0.717) is 6.42 Å². The summed E-state index contributed by atoms with van der Waals surface area (Å²) in [6.07, 6.45) is 0.508. The van der Waals surface area contributed by atoms with E-state index in [2.05, 4.69) is 0 Å². The number of ketones is 1. The van der Waals surface area contributed by atoms with Gasteiger partial charge in [-0.1, -0.05) is 43.3 Å². The smallest absolute Gasteiger partial charge is 0.140 e. The van der Waals surface area contributed by atoms with E-state index in [0.717, 1.165) is 23.1 Å². The van der Waals surface area contributed by atoms with Gasteiger partial charge in [-0.05, 0) is 41.2 Å². The highest BCUT2D eigenvalue weighted by atomic mass is 19.1. The summed E-state index contributed by atoms with van der Waals surface area (Å²) in [6, 6.07) is 13.8. The Bertz CT molecular complexity index is 678. The molecule has 2 aromatic rings. The molecule has 3 atom stereocenters. The van der Waals surface area contributed by atoms with Crippen molar-refractivity contribution in [3.63, 3.8) is 0 Å². The number of rotatable bonds is 4. The number of carbonyl (C=O) groups excluding carboxylic acids is 1. The molecule has 1 aliphatic carbocycles. The lowest BCUT2D eigenvalue weighted by molar-refractivity contribution is -0.121. The van der Waals surface area contributed by atoms with Gasteiger partial charge in [-0.15, -0.1) is 0 Å². The van der Waals surface area contributed by atoms with Gasteiger partial charge in [-0.3, -0.25) is 4.79 Å². The van der Waals surface area contributed by atoms with Crippen LogP contribution >= 0.6 is 0 Å². The van der Waals surface area contributed by atoms with Crippen LogP contribution in [0.15, 0.2) is 48.5 Å². The van der Waals surface area contributed by atoms with Crippen molar-refractivity contribution < 1.29 is 14.3 Å². The number of hydrogen-bond donors (Lipinski definition) is 1. The topological polar surface area (TPSA) is 37.3 Å². The number of Topliss-reactive ketones (excluding diaryl/α,β-unsaturated/α-hetero) is 1. The monoisotopic (exact) mass is 298 g/mol. The van der Waals surface area contributed by atoms with Crippen molar-refractivity contribution in [3.8, 4) is 0 Å². The second-order valence-electron chi connectivity index (χ2n) is 6.05. The van der Waals surface area contributed by atoms with E-state index in [4.69, 9.17) is 0 Å². The van der Waals surface area contributed by atoms with Crippen molar-refractivity contribution in [3.05, 3.63) is 71.0 Å². The first-order valence-corrected chi connectivity index (χ1v) is 7.60. The Balaban J connectivity index is 1.69. The fourth-order valence-electron chi connectivity index (χ4n) is 3.21. The Morgan fingerprint density at radius 2 is 1.91 bits per heavy atom. The van der Waals surface area contributed by atoms with E-state index >= 15 is 0 Å². The Kier molecular flexibility index (Phi) is 4.08. The molecule has 0 bridgehead atoms. The van der Waals surface area contributed by atoms with Gasteiger partial charge in [0.05, 0.1) is 6.10 Å². The van der Waals surface area contributed by atoms with Crippen LogP contribution in [-0.2, 0) is 11.2 Å². The van der Waals surface area contributed by atoms with E-state index in [-0.39, 0.29) is 23.4 Å². The van der Waals surface area contributed by atoms with Gasteiger partial charge in [0.2, 0.25) is 0 Å². The molecule has 0 saturated heterocycles. The van der Waals surface area contributed by atoms with E-state index in [1.807, 2.05) is 31.2 Å². The number of hydrogen-bond acceptors (Lipinski definition) is 2. The molecule has 3 heteroatoms. The Hall–Kier alpha value is -2.00. The quantitative estimate of drug-likeness (QED) is 0.932. The molecule has 2 aromatic carbocycles. The van der Waals surface area contributed by atoms with Gasteiger partial charge in [0.15, 0.2) is 0 Å². The van der Waals surface area contributed by atoms with Crippen molar-refractivity contribution in [1.82, 2.24) is 0 Å². The average molecular weight is 298 g/mol. The van der Waals surface area contributed by atoms with Gasteiger partial charge in [0.25, 0.3) is 0 Å². The van der Waals surface area contributed by atoms with Crippen molar-refractivity contribution in [2.75, 3.05) is 0 Å². The molecule has 2 nitrogen and oxygen atoms in total. The van der Waals surface area contributed by atoms with Crippen molar-refractivity contribution in [1.29, 1.82) is 0 Å². The van der Waals surface area contributed by atoms with E-state index in [9.17, 15) is 14.3 Å². The number of halogens is 1. The van der Waals surface area contributed by atoms with E-state index in [1.54, 1.807) is 12.1 Å². The highest BCUT2D eigenvalue weighted by Crippen LogP contribution is 2.38. The Morgan fingerprint density at radius 3 is 2.59 bits per heavy atom. The molecule has 0 radical (unpaired) electrons. The summed E-state index contributed by atoms with van der Waals surface area (Å²) in [7, 11) is 0. The minimum atomic E-state index is -0.569. The summed E-state index contributed by atoms with van der Waals surface area (Å²) < 4.78 is 13.0. The first kappa shape index (κ1) is 14.9. The number of aliphatic hydroxyl groups is 1. The lowest BCUT2D eigenvalue weighted by atomic mass is 9.88. The first-order valence-electron chi connectivity index (χ1n) is 7.60. The zero-order valence-electron chi connectivity index (χ0n) is 12.5. The molecule has 0 saturated carbocycles. The summed E-state index contributed by atoms with van der Waals surface area (Å²) in [5.41, 5.74) is 2.88. The molecule has 0 spiro atoms. The molecule has 1 N–H and O–H groups in total. The third kappa shape index (κ3) is 2.81. The maximum Gasteiger partial charge on any atom is 0.140 e. The molecule has 0 amide bonds. The molecule has 0 aliphatic heterocycles. The summed E-state index contributed by atoms with van der Waals surface area (Å²) in [6.45, 7) is 1.84. The maximum absolute atomic E-state index is 13.0. The number of fused-ring (bicyclic) bond motifs is 1. The lowest BCUT2D eigenvalue weighted by Crippen LogP contribution is -2.17. The maximum atomic E-state index is 13.0. The fourth-order valence-corrected chi connectivity index (χ4v) is 3.21. The summed E-state index contributed by atoms with van der Waals surface area (Å²) in [5.74, 6) is -0.558. The van der Waals surface area contributed by atoms with Crippen molar-refractivity contribution >= 4 is 5.78 Å². The SMILES string of the molecule is C[C@H](C(=O)CC1Cc2ccccc2C1O)c1ccc(F)cc1. The largest absolute Gasteiger partial charge is 0.388 e. The lowest BCUT2D eigenvalue weighted by Gasteiger charge is -2.17. The van der Waals surface area contributed by atoms with E-state index in [1.165, 1.54) is 12.1 Å². The molecule has 2 unspecified atom stereocenters. The first-order chi connectivity index (χ1) is 10.6. The molecule has 0 aromatic heterocycles. The minimum Gasteiger partial charge on any atom is -0.388 e. The van der Waals surface area contributed by atoms with Crippen LogP contribution in [0.1, 0.15) is 42.1 Å². The highest BCUT2D eigenvalue weighted by Gasteiger charge is 2.33. The second kappa shape index (κ2) is 6.01. The number of carbonyl (C=O) groups is 1. The number of aliphatic hydroxyl groups excluding tert-OH is 1. The predicted octanol–water partition coefficient (Wildman–Crippen LogP) is 3.79. The third-order valence-corrected chi connectivity index (χ3v) is 4.62. The van der Waals surface area contributed by atoms with Gasteiger partial charge < -0.3 is 5.11 Å². The average Bonchev–Trinajstić information content (AvgIpc) is 2.84. The van der Waals surface area contributed by atoms with Crippen LogP contribution in [-0.4, -0.2) is 10.9 Å². The van der Waals surface area contributed by atoms with Crippen LogP contribution in [0.2, 0.25) is 0 Å². The van der Waals surface area contributed by atoms with Gasteiger partial charge in [-0.2, -0.15) is 0 Å². The van der Waals surface area contributed by atoms with Crippen molar-refractivity contribution in [2.24, 2.45) is 5.92 Å². The van der Waals surface area contributed by atoms with Gasteiger partial charge >= 0.3 is 0 Å². The molecule has 1 aliphatic rings. The minimum absolute atomic E-state index is 0.0622. The number of benzene rings is 2. The van der Waals surface area contributed by atoms with Gasteiger partial charge in [0.1, 0.15) is 11.6 Å². The molecular formula is C19H19FO2. The third-order valence-electron chi connectivity index (χ3n) is 4.62. The van der Waals surface area contributed by atoms with Crippen molar-refractivity contribution in [2.45, 2.75) is 31.8 Å². The van der Waals surface area contributed by atoms with E-state index < -0.39 is 6.10 Å². The zero-order valence-corrected chi connectivity index (χ0v) is 12.5. The standard InChI is InChI=1S/C19H19FO2/c1-12(13-6-8-16(20)9-7-13)18(21)11-15-10-14-4-2-3-5-17(14)19(15)22/h2-9,12,15,19,22H,10-11H2,1H3/t12-,15?,19?/m0/s1. The van der Waals surface area contributed by atoms with Crippen LogP contribution in [0.5, 0.6) is 0 Å². The van der Waals surface area contributed by atoms with Crippen LogP contribution in [0.4, 0.5) is 4.39 Å². The summed E-state index contributed by atoms with van der Waals surface area (Å²) >= 11 is 0. The van der Waals surface area contributed by atoms with Crippen LogP contribution in [0.3, 0.4) is 0 Å². The zero-order chi connectivity index (χ0) is 15.7. The van der Waals surface area contributed by atoms with Crippen LogP contribution < -0.4 is 0 Å². The van der Waals surface area contributed by atoms with Gasteiger partial charge in [0, 0.05) is 12.3 Å².